The van der Waals surface area contributed by atoms with E-state index < -0.39 is 5.79 Å². The number of piperidine rings is 1. The lowest BCUT2D eigenvalue weighted by Gasteiger charge is -2.42. The van der Waals surface area contributed by atoms with Gasteiger partial charge < -0.3 is 14.8 Å². The zero-order valence-electron chi connectivity index (χ0n) is 10.5. The minimum atomic E-state index is -0.492. The molecule has 0 saturated carbocycles. The van der Waals surface area contributed by atoms with Crippen LogP contribution in [-0.2, 0) is 11.3 Å². The predicted octanol–water partition coefficient (Wildman–Crippen LogP) is 3.07. The molecule has 1 aromatic rings. The lowest BCUT2D eigenvalue weighted by Crippen LogP contribution is -2.51. The van der Waals surface area contributed by atoms with Gasteiger partial charge in [0.05, 0.1) is 6.61 Å². The second kappa shape index (κ2) is 4.83. The molecule has 1 N–H and O–H groups in total. The van der Waals surface area contributed by atoms with Crippen LogP contribution < -0.4 is 10.1 Å². The van der Waals surface area contributed by atoms with E-state index in [0.29, 0.717) is 12.5 Å². The molecule has 1 aromatic carbocycles. The number of halogens is 1. The molecule has 0 aliphatic carbocycles. The largest absolute Gasteiger partial charge is 0.462 e. The highest BCUT2D eigenvalue weighted by Gasteiger charge is 2.41. The molecule has 2 aliphatic heterocycles. The van der Waals surface area contributed by atoms with Crippen molar-refractivity contribution < 1.29 is 9.47 Å². The molecule has 3 nitrogen and oxygen atoms in total. The topological polar surface area (TPSA) is 30.5 Å². The number of rotatable bonds is 1. The second-order valence-corrected chi connectivity index (χ2v) is 6.12. The minimum Gasteiger partial charge on any atom is -0.462 e. The van der Waals surface area contributed by atoms with Gasteiger partial charge in [-0.3, -0.25) is 0 Å². The van der Waals surface area contributed by atoms with Gasteiger partial charge in [0.15, 0.2) is 0 Å². The summed E-state index contributed by atoms with van der Waals surface area (Å²) in [6.07, 6.45) is 2.36. The summed E-state index contributed by atoms with van der Waals surface area (Å²) in [6.45, 7) is 4.77. The number of benzene rings is 1. The van der Waals surface area contributed by atoms with E-state index in [0.717, 1.165) is 35.3 Å². The molecule has 98 valence electrons. The molecule has 0 amide bonds. The van der Waals surface area contributed by atoms with E-state index in [1.807, 2.05) is 12.1 Å². The molecule has 2 atom stereocenters. The molecular formula is C14H18BrNO2. The molecule has 0 spiro atoms. The molecule has 1 saturated heterocycles. The van der Waals surface area contributed by atoms with Crippen molar-refractivity contribution in [2.24, 2.45) is 5.92 Å². The fraction of sp³-hybridized carbons (Fsp3) is 0.571. The normalized spacial score (nSPS) is 31.6. The SMILES string of the molecule is CC1(C2CCCNC2)OCc2cc(Br)ccc2O1. The van der Waals surface area contributed by atoms with Crippen LogP contribution in [0.25, 0.3) is 0 Å². The van der Waals surface area contributed by atoms with Crippen molar-refractivity contribution in [2.75, 3.05) is 13.1 Å². The summed E-state index contributed by atoms with van der Waals surface area (Å²) in [4.78, 5) is 0. The summed E-state index contributed by atoms with van der Waals surface area (Å²) in [5, 5.41) is 3.42. The first-order valence-electron chi connectivity index (χ1n) is 6.49. The highest BCUT2D eigenvalue weighted by atomic mass is 79.9. The van der Waals surface area contributed by atoms with E-state index in [-0.39, 0.29) is 0 Å². The summed E-state index contributed by atoms with van der Waals surface area (Å²) < 4.78 is 13.2. The Hall–Kier alpha value is -0.580. The van der Waals surface area contributed by atoms with Gasteiger partial charge in [-0.05, 0) is 37.6 Å². The van der Waals surface area contributed by atoms with Gasteiger partial charge in [0.2, 0.25) is 5.79 Å². The second-order valence-electron chi connectivity index (χ2n) is 5.20. The molecule has 3 rings (SSSR count). The van der Waals surface area contributed by atoms with Crippen LogP contribution in [0.2, 0.25) is 0 Å². The molecule has 4 heteroatoms. The molecule has 0 aromatic heterocycles. The Bertz CT molecular complexity index is 445. The van der Waals surface area contributed by atoms with Gasteiger partial charge >= 0.3 is 0 Å². The Morgan fingerprint density at radius 2 is 2.33 bits per heavy atom. The monoisotopic (exact) mass is 311 g/mol. The van der Waals surface area contributed by atoms with Crippen LogP contribution in [0.3, 0.4) is 0 Å². The first-order chi connectivity index (χ1) is 8.67. The van der Waals surface area contributed by atoms with Crippen molar-refractivity contribution in [1.29, 1.82) is 0 Å². The zero-order chi connectivity index (χ0) is 12.6. The van der Waals surface area contributed by atoms with Gasteiger partial charge in [-0.2, -0.15) is 0 Å². The Morgan fingerprint density at radius 3 is 3.11 bits per heavy atom. The number of ether oxygens (including phenoxy) is 2. The predicted molar refractivity (Wildman–Crippen MR) is 73.6 cm³/mol. The van der Waals surface area contributed by atoms with E-state index >= 15 is 0 Å². The fourth-order valence-electron chi connectivity index (χ4n) is 2.73. The van der Waals surface area contributed by atoms with Crippen molar-refractivity contribution in [2.45, 2.75) is 32.2 Å². The third kappa shape index (κ3) is 2.29. The van der Waals surface area contributed by atoms with Crippen LogP contribution in [0.4, 0.5) is 0 Å². The first kappa shape index (κ1) is 12.5. The van der Waals surface area contributed by atoms with Gasteiger partial charge in [0.1, 0.15) is 5.75 Å². The molecule has 2 aliphatic rings. The van der Waals surface area contributed by atoms with Crippen LogP contribution in [0.1, 0.15) is 25.3 Å². The molecule has 0 bridgehead atoms. The lowest BCUT2D eigenvalue weighted by molar-refractivity contribution is -0.228. The average Bonchev–Trinajstić information content (AvgIpc) is 2.40. The summed E-state index contributed by atoms with van der Waals surface area (Å²) in [5.41, 5.74) is 1.12. The van der Waals surface area contributed by atoms with Crippen molar-refractivity contribution in [1.82, 2.24) is 5.32 Å². The van der Waals surface area contributed by atoms with Crippen molar-refractivity contribution in [3.63, 3.8) is 0 Å². The molecule has 2 heterocycles. The number of nitrogens with one attached hydrogen (secondary N) is 1. The van der Waals surface area contributed by atoms with Gasteiger partial charge in [-0.1, -0.05) is 15.9 Å². The molecule has 2 unspecified atom stereocenters. The van der Waals surface area contributed by atoms with Crippen LogP contribution in [0.5, 0.6) is 5.75 Å². The van der Waals surface area contributed by atoms with Crippen LogP contribution in [-0.4, -0.2) is 18.9 Å². The first-order valence-corrected chi connectivity index (χ1v) is 7.29. The van der Waals surface area contributed by atoms with Crippen LogP contribution in [0, 0.1) is 5.92 Å². The maximum Gasteiger partial charge on any atom is 0.212 e. The zero-order valence-corrected chi connectivity index (χ0v) is 12.1. The summed E-state index contributed by atoms with van der Waals surface area (Å²) in [7, 11) is 0. The Morgan fingerprint density at radius 1 is 1.44 bits per heavy atom. The summed E-state index contributed by atoms with van der Waals surface area (Å²) in [6, 6.07) is 6.11. The molecule has 1 fully saturated rings. The van der Waals surface area contributed by atoms with E-state index in [1.54, 1.807) is 0 Å². The third-order valence-electron chi connectivity index (χ3n) is 3.89. The fourth-order valence-corrected chi connectivity index (χ4v) is 3.14. The van der Waals surface area contributed by atoms with Gasteiger partial charge in [0.25, 0.3) is 0 Å². The van der Waals surface area contributed by atoms with E-state index in [2.05, 4.69) is 34.2 Å². The summed E-state index contributed by atoms with van der Waals surface area (Å²) >= 11 is 3.47. The summed E-state index contributed by atoms with van der Waals surface area (Å²) in [5.74, 6) is 0.884. The van der Waals surface area contributed by atoms with E-state index in [4.69, 9.17) is 9.47 Å². The van der Waals surface area contributed by atoms with Crippen molar-refractivity contribution in [3.8, 4) is 5.75 Å². The Balaban J connectivity index is 1.82. The smallest absolute Gasteiger partial charge is 0.212 e. The molecule has 18 heavy (non-hydrogen) atoms. The maximum absolute atomic E-state index is 6.13. The maximum atomic E-state index is 6.13. The van der Waals surface area contributed by atoms with Crippen LogP contribution >= 0.6 is 15.9 Å². The third-order valence-corrected chi connectivity index (χ3v) is 4.38. The van der Waals surface area contributed by atoms with Crippen molar-refractivity contribution >= 4 is 15.9 Å². The molecular weight excluding hydrogens is 294 g/mol. The Labute approximate surface area is 116 Å². The highest BCUT2D eigenvalue weighted by Crippen LogP contribution is 2.38. The van der Waals surface area contributed by atoms with Gasteiger partial charge in [-0.25, -0.2) is 0 Å². The molecule has 0 radical (unpaired) electrons. The number of hydrogen-bond acceptors (Lipinski definition) is 3. The van der Waals surface area contributed by atoms with Crippen molar-refractivity contribution in [3.05, 3.63) is 28.2 Å². The number of fused-ring (bicyclic) bond motifs is 1. The van der Waals surface area contributed by atoms with Gasteiger partial charge in [-0.15, -0.1) is 0 Å². The van der Waals surface area contributed by atoms with Gasteiger partial charge in [0, 0.05) is 29.4 Å². The average molecular weight is 312 g/mol. The van der Waals surface area contributed by atoms with E-state index in [9.17, 15) is 0 Å². The van der Waals surface area contributed by atoms with Crippen LogP contribution in [0.15, 0.2) is 22.7 Å². The van der Waals surface area contributed by atoms with E-state index in [1.165, 1.54) is 6.42 Å². The highest BCUT2D eigenvalue weighted by molar-refractivity contribution is 9.10. The lowest BCUT2D eigenvalue weighted by atomic mass is 9.91. The number of hydrogen-bond donors (Lipinski definition) is 1. The minimum absolute atomic E-state index is 0.419. The Kier molecular flexibility index (Phi) is 3.34. The quantitative estimate of drug-likeness (QED) is 0.864. The standard InChI is InChI=1S/C14H18BrNO2/c1-14(11-3-2-6-16-8-11)17-9-10-7-12(15)4-5-13(10)18-14/h4-5,7,11,16H,2-3,6,8-9H2,1H3.